The van der Waals surface area contributed by atoms with Crippen molar-refractivity contribution in [3.63, 3.8) is 0 Å². The molecule has 1 aromatic rings. The molecule has 1 N–H and O–H groups in total. The molecule has 2 heteroatoms. The maximum Gasteiger partial charge on any atom is 0.126 e. The summed E-state index contributed by atoms with van der Waals surface area (Å²) < 4.78 is 13.2. The van der Waals surface area contributed by atoms with Gasteiger partial charge in [0.05, 0.1) is 0 Å². The molecular weight excluding hydrogens is 201 g/mol. The lowest BCUT2D eigenvalue weighted by Gasteiger charge is -2.24. The molecule has 0 aliphatic rings. The Morgan fingerprint density at radius 3 is 2.25 bits per heavy atom. The fourth-order valence-electron chi connectivity index (χ4n) is 1.91. The van der Waals surface area contributed by atoms with Gasteiger partial charge in [-0.05, 0) is 37.0 Å². The highest BCUT2D eigenvalue weighted by atomic mass is 19.1. The van der Waals surface area contributed by atoms with Gasteiger partial charge in [0.2, 0.25) is 0 Å². The number of aryl methyl sites for hydroxylation is 1. The van der Waals surface area contributed by atoms with E-state index in [1.54, 1.807) is 6.07 Å². The summed E-state index contributed by atoms with van der Waals surface area (Å²) in [5, 5.41) is 3.48. The van der Waals surface area contributed by atoms with E-state index < -0.39 is 0 Å². The van der Waals surface area contributed by atoms with Crippen molar-refractivity contribution in [2.75, 3.05) is 0 Å². The summed E-state index contributed by atoms with van der Waals surface area (Å²) in [6.45, 7) is 10.4. The minimum absolute atomic E-state index is 0.125. The first-order chi connectivity index (χ1) is 7.41. The lowest BCUT2D eigenvalue weighted by atomic mass is 9.93. The van der Waals surface area contributed by atoms with Crippen LogP contribution in [-0.2, 0) is 0 Å². The number of nitrogens with one attached hydrogen (secondary N) is 1. The number of halogens is 1. The standard InChI is InChI=1S/C14H22FN/c1-9(2)16-12(5)11(4)13-6-7-14(15)10(3)8-13/h6-9,11-12,16H,1-5H3. The van der Waals surface area contributed by atoms with Crippen LogP contribution in [0.1, 0.15) is 44.7 Å². The topological polar surface area (TPSA) is 12.0 Å². The van der Waals surface area contributed by atoms with Crippen molar-refractivity contribution in [1.29, 1.82) is 0 Å². The number of hydrogen-bond donors (Lipinski definition) is 1. The van der Waals surface area contributed by atoms with Crippen molar-refractivity contribution < 1.29 is 4.39 Å². The molecule has 0 aliphatic heterocycles. The van der Waals surface area contributed by atoms with E-state index in [1.165, 1.54) is 5.56 Å². The van der Waals surface area contributed by atoms with E-state index in [0.29, 0.717) is 18.0 Å². The van der Waals surface area contributed by atoms with Crippen molar-refractivity contribution >= 4 is 0 Å². The van der Waals surface area contributed by atoms with Gasteiger partial charge < -0.3 is 5.32 Å². The van der Waals surface area contributed by atoms with Gasteiger partial charge in [-0.15, -0.1) is 0 Å². The van der Waals surface area contributed by atoms with Gasteiger partial charge in [0.1, 0.15) is 5.82 Å². The molecular formula is C14H22FN. The van der Waals surface area contributed by atoms with Crippen LogP contribution in [0.3, 0.4) is 0 Å². The van der Waals surface area contributed by atoms with Crippen LogP contribution in [-0.4, -0.2) is 12.1 Å². The molecule has 2 atom stereocenters. The van der Waals surface area contributed by atoms with Crippen LogP contribution in [0.5, 0.6) is 0 Å². The molecule has 0 spiro atoms. The SMILES string of the molecule is Cc1cc(C(C)C(C)NC(C)C)ccc1F. The summed E-state index contributed by atoms with van der Waals surface area (Å²) in [7, 11) is 0. The average Bonchev–Trinajstić information content (AvgIpc) is 2.20. The first-order valence-corrected chi connectivity index (χ1v) is 5.94. The second-order valence-corrected chi connectivity index (χ2v) is 4.91. The summed E-state index contributed by atoms with van der Waals surface area (Å²) in [5.41, 5.74) is 1.92. The molecule has 0 aliphatic carbocycles. The highest BCUT2D eigenvalue weighted by molar-refractivity contribution is 5.27. The lowest BCUT2D eigenvalue weighted by molar-refractivity contribution is 0.439. The Bertz CT molecular complexity index is 347. The third-order valence-corrected chi connectivity index (χ3v) is 3.05. The molecule has 1 aromatic carbocycles. The van der Waals surface area contributed by atoms with Crippen LogP contribution in [0, 0.1) is 12.7 Å². The smallest absolute Gasteiger partial charge is 0.126 e. The quantitative estimate of drug-likeness (QED) is 0.822. The minimum Gasteiger partial charge on any atom is -0.311 e. The Morgan fingerprint density at radius 2 is 1.75 bits per heavy atom. The molecule has 0 amide bonds. The molecule has 0 saturated heterocycles. The van der Waals surface area contributed by atoms with E-state index in [2.05, 4.69) is 33.0 Å². The van der Waals surface area contributed by atoms with E-state index in [4.69, 9.17) is 0 Å². The van der Waals surface area contributed by atoms with Gasteiger partial charge in [0.15, 0.2) is 0 Å². The van der Waals surface area contributed by atoms with Crippen LogP contribution >= 0.6 is 0 Å². The first kappa shape index (κ1) is 13.2. The van der Waals surface area contributed by atoms with Gasteiger partial charge in [0, 0.05) is 12.1 Å². The second kappa shape index (κ2) is 5.44. The third-order valence-electron chi connectivity index (χ3n) is 3.05. The Hall–Kier alpha value is -0.890. The van der Waals surface area contributed by atoms with E-state index in [1.807, 2.05) is 19.1 Å². The molecule has 0 fully saturated rings. The third kappa shape index (κ3) is 3.31. The fourth-order valence-corrected chi connectivity index (χ4v) is 1.91. The van der Waals surface area contributed by atoms with Crippen molar-refractivity contribution in [3.8, 4) is 0 Å². The molecule has 0 heterocycles. The Labute approximate surface area is 98.1 Å². The van der Waals surface area contributed by atoms with E-state index in [9.17, 15) is 4.39 Å². The highest BCUT2D eigenvalue weighted by Gasteiger charge is 2.15. The molecule has 16 heavy (non-hydrogen) atoms. The van der Waals surface area contributed by atoms with Crippen molar-refractivity contribution in [3.05, 3.63) is 35.1 Å². The van der Waals surface area contributed by atoms with Gasteiger partial charge in [-0.3, -0.25) is 0 Å². The molecule has 0 radical (unpaired) electrons. The van der Waals surface area contributed by atoms with Crippen LogP contribution in [0.2, 0.25) is 0 Å². The Balaban J connectivity index is 2.79. The second-order valence-electron chi connectivity index (χ2n) is 4.91. The van der Waals surface area contributed by atoms with Crippen LogP contribution in [0.25, 0.3) is 0 Å². The normalized spacial score (nSPS) is 15.2. The van der Waals surface area contributed by atoms with Gasteiger partial charge in [-0.25, -0.2) is 4.39 Å². The van der Waals surface area contributed by atoms with E-state index >= 15 is 0 Å². The van der Waals surface area contributed by atoms with E-state index in [-0.39, 0.29) is 5.82 Å². The molecule has 2 unspecified atom stereocenters. The fraction of sp³-hybridized carbons (Fsp3) is 0.571. The highest BCUT2D eigenvalue weighted by Crippen LogP contribution is 2.21. The van der Waals surface area contributed by atoms with Crippen molar-refractivity contribution in [2.45, 2.75) is 52.6 Å². The summed E-state index contributed by atoms with van der Waals surface area (Å²) in [4.78, 5) is 0. The van der Waals surface area contributed by atoms with Gasteiger partial charge in [-0.2, -0.15) is 0 Å². The van der Waals surface area contributed by atoms with Crippen LogP contribution in [0.15, 0.2) is 18.2 Å². The predicted octanol–water partition coefficient (Wildman–Crippen LogP) is 3.62. The number of rotatable bonds is 4. The first-order valence-electron chi connectivity index (χ1n) is 5.94. The van der Waals surface area contributed by atoms with E-state index in [0.717, 1.165) is 5.56 Å². The minimum atomic E-state index is -0.125. The maximum atomic E-state index is 13.2. The van der Waals surface area contributed by atoms with Crippen LogP contribution < -0.4 is 5.32 Å². The molecule has 0 aromatic heterocycles. The van der Waals surface area contributed by atoms with Crippen LogP contribution in [0.4, 0.5) is 4.39 Å². The largest absolute Gasteiger partial charge is 0.311 e. The zero-order valence-corrected chi connectivity index (χ0v) is 10.8. The molecule has 1 nitrogen and oxygen atoms in total. The summed E-state index contributed by atoms with van der Waals surface area (Å²) in [5.74, 6) is 0.266. The monoisotopic (exact) mass is 223 g/mol. The van der Waals surface area contributed by atoms with Gasteiger partial charge in [0.25, 0.3) is 0 Å². The zero-order valence-electron chi connectivity index (χ0n) is 10.8. The van der Waals surface area contributed by atoms with Gasteiger partial charge in [-0.1, -0.05) is 32.9 Å². The lowest BCUT2D eigenvalue weighted by Crippen LogP contribution is -2.36. The van der Waals surface area contributed by atoms with Crippen molar-refractivity contribution in [2.24, 2.45) is 0 Å². The van der Waals surface area contributed by atoms with Gasteiger partial charge >= 0.3 is 0 Å². The molecule has 0 bridgehead atoms. The summed E-state index contributed by atoms with van der Waals surface area (Å²) in [6, 6.07) is 6.25. The maximum absolute atomic E-state index is 13.2. The molecule has 90 valence electrons. The number of hydrogen-bond acceptors (Lipinski definition) is 1. The molecule has 1 rings (SSSR count). The van der Waals surface area contributed by atoms with Crippen molar-refractivity contribution in [1.82, 2.24) is 5.32 Å². The average molecular weight is 223 g/mol. The predicted molar refractivity (Wildman–Crippen MR) is 67.3 cm³/mol. The Morgan fingerprint density at radius 1 is 1.12 bits per heavy atom. The number of benzene rings is 1. The Kier molecular flexibility index (Phi) is 4.48. The molecule has 0 saturated carbocycles. The summed E-state index contributed by atoms with van der Waals surface area (Å²) in [6.07, 6.45) is 0. The summed E-state index contributed by atoms with van der Waals surface area (Å²) >= 11 is 0. The zero-order chi connectivity index (χ0) is 12.3.